The molecule has 0 unspecified atom stereocenters. The standard InChI is InChI=1S/C26H25FN4O3S/c1-26(2,3)30-35(33,34)24-16-19(14-15-21(24)27)28-25(32)22-17-23(18-10-6-4-7-11-18)31(29-22)20-12-8-5-9-13-20/h4-17,30H,1-3H3,(H,28,32). The van der Waals surface area contributed by atoms with Crippen molar-refractivity contribution in [3.8, 4) is 16.9 Å². The molecule has 0 radical (unpaired) electrons. The molecule has 4 rings (SSSR count). The van der Waals surface area contributed by atoms with Crippen LogP contribution in [0.4, 0.5) is 10.1 Å². The number of sulfonamides is 1. The van der Waals surface area contributed by atoms with Crippen LogP contribution in [0.15, 0.2) is 89.8 Å². The molecular formula is C26H25FN4O3S. The van der Waals surface area contributed by atoms with Crippen molar-refractivity contribution in [2.24, 2.45) is 0 Å². The Morgan fingerprint density at radius 3 is 2.17 bits per heavy atom. The second-order valence-electron chi connectivity index (χ2n) is 8.98. The largest absolute Gasteiger partial charge is 0.321 e. The van der Waals surface area contributed by atoms with Crippen LogP contribution < -0.4 is 10.0 Å². The third kappa shape index (κ3) is 5.64. The van der Waals surface area contributed by atoms with Gasteiger partial charge >= 0.3 is 0 Å². The van der Waals surface area contributed by atoms with Crippen LogP contribution in [0.2, 0.25) is 0 Å². The molecular weight excluding hydrogens is 467 g/mol. The van der Waals surface area contributed by atoms with E-state index in [1.165, 1.54) is 6.07 Å². The van der Waals surface area contributed by atoms with Crippen LogP contribution in [0.5, 0.6) is 0 Å². The number of carbonyl (C=O) groups excluding carboxylic acids is 1. The van der Waals surface area contributed by atoms with Crippen LogP contribution in [-0.4, -0.2) is 29.6 Å². The van der Waals surface area contributed by atoms with Crippen LogP contribution in [0, 0.1) is 5.82 Å². The highest BCUT2D eigenvalue weighted by molar-refractivity contribution is 7.89. The van der Waals surface area contributed by atoms with Gasteiger partial charge in [0.2, 0.25) is 10.0 Å². The van der Waals surface area contributed by atoms with Crippen LogP contribution in [0.25, 0.3) is 16.9 Å². The SMILES string of the molecule is CC(C)(C)NS(=O)(=O)c1cc(NC(=O)c2cc(-c3ccccc3)n(-c3ccccc3)n2)ccc1F. The lowest BCUT2D eigenvalue weighted by molar-refractivity contribution is 0.102. The number of benzene rings is 3. The summed E-state index contributed by atoms with van der Waals surface area (Å²) in [5, 5.41) is 7.12. The maximum Gasteiger partial charge on any atom is 0.276 e. The van der Waals surface area contributed by atoms with Gasteiger partial charge < -0.3 is 5.32 Å². The maximum absolute atomic E-state index is 14.4. The second-order valence-corrected chi connectivity index (χ2v) is 10.6. The Bertz CT molecular complexity index is 1400. The Morgan fingerprint density at radius 2 is 1.54 bits per heavy atom. The Balaban J connectivity index is 1.68. The molecule has 0 aliphatic rings. The summed E-state index contributed by atoms with van der Waals surface area (Å²) in [5.41, 5.74) is 1.79. The van der Waals surface area contributed by atoms with E-state index in [4.69, 9.17) is 0 Å². The maximum atomic E-state index is 14.4. The quantitative estimate of drug-likeness (QED) is 0.396. The van der Waals surface area contributed by atoms with E-state index in [2.05, 4.69) is 15.1 Å². The van der Waals surface area contributed by atoms with Gasteiger partial charge in [0.25, 0.3) is 5.91 Å². The van der Waals surface area contributed by atoms with Crippen molar-refractivity contribution in [2.45, 2.75) is 31.2 Å². The molecule has 4 aromatic rings. The first-order valence-corrected chi connectivity index (χ1v) is 12.4. The molecule has 0 bridgehead atoms. The second kappa shape index (κ2) is 9.44. The van der Waals surface area contributed by atoms with E-state index in [1.807, 2.05) is 60.7 Å². The van der Waals surface area contributed by atoms with Crippen LogP contribution >= 0.6 is 0 Å². The third-order valence-electron chi connectivity index (χ3n) is 4.93. The summed E-state index contributed by atoms with van der Waals surface area (Å²) >= 11 is 0. The smallest absolute Gasteiger partial charge is 0.276 e. The topological polar surface area (TPSA) is 93.1 Å². The lowest BCUT2D eigenvalue weighted by atomic mass is 10.1. The molecule has 180 valence electrons. The van der Waals surface area contributed by atoms with Gasteiger partial charge in [-0.1, -0.05) is 48.5 Å². The fraction of sp³-hybridized carbons (Fsp3) is 0.154. The van der Waals surface area contributed by atoms with Gasteiger partial charge in [-0.25, -0.2) is 22.2 Å². The summed E-state index contributed by atoms with van der Waals surface area (Å²) in [6.45, 7) is 4.96. The van der Waals surface area contributed by atoms with Crippen molar-refractivity contribution in [2.75, 3.05) is 5.32 Å². The number of hydrogen-bond donors (Lipinski definition) is 2. The van der Waals surface area contributed by atoms with Gasteiger partial charge in [-0.15, -0.1) is 0 Å². The fourth-order valence-corrected chi connectivity index (χ4v) is 5.04. The molecule has 1 heterocycles. The predicted octanol–water partition coefficient (Wildman–Crippen LogP) is 5.01. The number of halogens is 1. The van der Waals surface area contributed by atoms with E-state index < -0.39 is 32.2 Å². The van der Waals surface area contributed by atoms with Crippen molar-refractivity contribution < 1.29 is 17.6 Å². The van der Waals surface area contributed by atoms with Gasteiger partial charge in [-0.3, -0.25) is 4.79 Å². The van der Waals surface area contributed by atoms with E-state index >= 15 is 0 Å². The van der Waals surface area contributed by atoms with Crippen molar-refractivity contribution in [3.05, 3.63) is 96.4 Å². The Hall–Kier alpha value is -3.82. The average Bonchev–Trinajstić information content (AvgIpc) is 3.26. The Kier molecular flexibility index (Phi) is 6.56. The summed E-state index contributed by atoms with van der Waals surface area (Å²) in [6, 6.07) is 23.9. The molecule has 7 nitrogen and oxygen atoms in total. The number of nitrogens with zero attached hydrogens (tertiary/aromatic N) is 2. The first-order chi connectivity index (χ1) is 16.5. The highest BCUT2D eigenvalue weighted by atomic mass is 32.2. The molecule has 0 aliphatic heterocycles. The van der Waals surface area contributed by atoms with Gasteiger partial charge in [0.05, 0.1) is 11.4 Å². The fourth-order valence-electron chi connectivity index (χ4n) is 3.51. The zero-order chi connectivity index (χ0) is 25.2. The van der Waals surface area contributed by atoms with Crippen LogP contribution in [0.3, 0.4) is 0 Å². The van der Waals surface area contributed by atoms with E-state index in [0.29, 0.717) is 5.69 Å². The molecule has 3 aromatic carbocycles. The summed E-state index contributed by atoms with van der Waals surface area (Å²) in [6.07, 6.45) is 0. The van der Waals surface area contributed by atoms with Crippen molar-refractivity contribution in [1.29, 1.82) is 0 Å². The van der Waals surface area contributed by atoms with Crippen molar-refractivity contribution in [3.63, 3.8) is 0 Å². The van der Waals surface area contributed by atoms with E-state index in [1.54, 1.807) is 31.5 Å². The number of aromatic nitrogens is 2. The van der Waals surface area contributed by atoms with Gasteiger partial charge in [-0.05, 0) is 57.2 Å². The number of hydrogen-bond acceptors (Lipinski definition) is 4. The van der Waals surface area contributed by atoms with Crippen molar-refractivity contribution >= 4 is 21.6 Å². The number of amides is 1. The monoisotopic (exact) mass is 492 g/mol. The molecule has 0 atom stereocenters. The van der Waals surface area contributed by atoms with Crippen molar-refractivity contribution in [1.82, 2.24) is 14.5 Å². The van der Waals surface area contributed by atoms with Gasteiger partial charge in [0.15, 0.2) is 5.69 Å². The molecule has 0 saturated heterocycles. The van der Waals surface area contributed by atoms with Gasteiger partial charge in [0.1, 0.15) is 10.7 Å². The first kappa shape index (κ1) is 24.3. The number of nitrogens with one attached hydrogen (secondary N) is 2. The third-order valence-corrected chi connectivity index (χ3v) is 6.70. The summed E-state index contributed by atoms with van der Waals surface area (Å²) in [5.74, 6) is -1.48. The van der Waals surface area contributed by atoms with E-state index in [9.17, 15) is 17.6 Å². The summed E-state index contributed by atoms with van der Waals surface area (Å²) < 4.78 is 43.8. The summed E-state index contributed by atoms with van der Waals surface area (Å²) in [4.78, 5) is 12.5. The normalized spacial score (nSPS) is 11.9. The molecule has 9 heteroatoms. The zero-order valence-corrected chi connectivity index (χ0v) is 20.3. The lowest BCUT2D eigenvalue weighted by Gasteiger charge is -2.20. The molecule has 1 aromatic heterocycles. The zero-order valence-electron chi connectivity index (χ0n) is 19.5. The Morgan fingerprint density at radius 1 is 0.914 bits per heavy atom. The van der Waals surface area contributed by atoms with E-state index in [0.717, 1.165) is 23.4 Å². The lowest BCUT2D eigenvalue weighted by Crippen LogP contribution is -2.40. The number of carbonyl (C=O) groups is 1. The highest BCUT2D eigenvalue weighted by Crippen LogP contribution is 2.25. The molecule has 0 saturated carbocycles. The number of rotatable bonds is 6. The summed E-state index contributed by atoms with van der Waals surface area (Å²) in [7, 11) is -4.14. The van der Waals surface area contributed by atoms with E-state index in [-0.39, 0.29) is 11.4 Å². The minimum Gasteiger partial charge on any atom is -0.321 e. The molecule has 35 heavy (non-hydrogen) atoms. The minimum absolute atomic E-state index is 0.120. The van der Waals surface area contributed by atoms with Crippen LogP contribution in [0.1, 0.15) is 31.3 Å². The molecule has 2 N–H and O–H groups in total. The van der Waals surface area contributed by atoms with Crippen LogP contribution in [-0.2, 0) is 10.0 Å². The predicted molar refractivity (Wildman–Crippen MR) is 133 cm³/mol. The minimum atomic E-state index is -4.14. The average molecular weight is 493 g/mol. The highest BCUT2D eigenvalue weighted by Gasteiger charge is 2.26. The molecule has 0 spiro atoms. The number of para-hydroxylation sites is 1. The first-order valence-electron chi connectivity index (χ1n) is 10.9. The van der Waals surface area contributed by atoms with Gasteiger partial charge in [0, 0.05) is 16.8 Å². The molecule has 0 aliphatic carbocycles. The number of anilines is 1. The van der Waals surface area contributed by atoms with Gasteiger partial charge in [-0.2, -0.15) is 5.10 Å². The molecule has 1 amide bonds. The Labute approximate surface area is 203 Å². The molecule has 0 fully saturated rings.